The SMILES string of the molecule is Cc1cc2nn(-c3ccc(Cl)cc3)nc2cc1NC(=O)/C=C/c1ccc(C(C)C)cc1. The summed E-state index contributed by atoms with van der Waals surface area (Å²) in [4.78, 5) is 14.0. The molecular weight excluding hydrogens is 408 g/mol. The number of aromatic nitrogens is 3. The first-order valence-electron chi connectivity index (χ1n) is 10.1. The van der Waals surface area contributed by atoms with Gasteiger partial charge < -0.3 is 5.32 Å². The second-order valence-corrected chi connectivity index (χ2v) is 8.20. The van der Waals surface area contributed by atoms with Crippen molar-refractivity contribution in [1.82, 2.24) is 15.0 Å². The van der Waals surface area contributed by atoms with Gasteiger partial charge in [0.15, 0.2) is 0 Å². The molecule has 4 rings (SSSR count). The highest BCUT2D eigenvalue weighted by Gasteiger charge is 2.10. The van der Waals surface area contributed by atoms with Crippen molar-refractivity contribution >= 4 is 40.3 Å². The molecule has 0 saturated heterocycles. The van der Waals surface area contributed by atoms with Gasteiger partial charge >= 0.3 is 0 Å². The molecule has 1 aromatic heterocycles. The minimum Gasteiger partial charge on any atom is -0.322 e. The lowest BCUT2D eigenvalue weighted by atomic mass is 10.0. The lowest BCUT2D eigenvalue weighted by Gasteiger charge is -2.06. The van der Waals surface area contributed by atoms with Crippen LogP contribution in [0.3, 0.4) is 0 Å². The summed E-state index contributed by atoms with van der Waals surface area (Å²) >= 11 is 5.96. The summed E-state index contributed by atoms with van der Waals surface area (Å²) in [6, 6.07) is 19.3. The number of nitrogens with zero attached hydrogens (tertiary/aromatic N) is 3. The number of aryl methyl sites for hydroxylation is 1. The summed E-state index contributed by atoms with van der Waals surface area (Å²) in [7, 11) is 0. The van der Waals surface area contributed by atoms with Gasteiger partial charge in [-0.3, -0.25) is 4.79 Å². The van der Waals surface area contributed by atoms with E-state index >= 15 is 0 Å². The Labute approximate surface area is 186 Å². The van der Waals surface area contributed by atoms with E-state index in [2.05, 4.69) is 41.5 Å². The van der Waals surface area contributed by atoms with Crippen molar-refractivity contribution in [2.45, 2.75) is 26.7 Å². The van der Waals surface area contributed by atoms with Gasteiger partial charge in [-0.2, -0.15) is 4.80 Å². The topological polar surface area (TPSA) is 59.8 Å². The molecular formula is C25H23ClN4O. The number of halogens is 1. The predicted molar refractivity (Wildman–Crippen MR) is 127 cm³/mol. The lowest BCUT2D eigenvalue weighted by molar-refractivity contribution is -0.111. The van der Waals surface area contributed by atoms with Gasteiger partial charge in [0, 0.05) is 16.8 Å². The molecule has 0 aliphatic heterocycles. The van der Waals surface area contributed by atoms with Crippen molar-refractivity contribution in [3.05, 3.63) is 88.5 Å². The largest absolute Gasteiger partial charge is 0.322 e. The summed E-state index contributed by atoms with van der Waals surface area (Å²) in [6.07, 6.45) is 3.35. The van der Waals surface area contributed by atoms with Gasteiger partial charge in [-0.05, 0) is 72.0 Å². The van der Waals surface area contributed by atoms with Crippen LogP contribution < -0.4 is 5.32 Å². The number of hydrogen-bond acceptors (Lipinski definition) is 3. The summed E-state index contributed by atoms with van der Waals surface area (Å²) in [6.45, 7) is 6.25. The maximum absolute atomic E-state index is 12.5. The Hall–Kier alpha value is -3.44. The Balaban J connectivity index is 1.51. The smallest absolute Gasteiger partial charge is 0.248 e. The van der Waals surface area contributed by atoms with Crippen LogP contribution >= 0.6 is 11.6 Å². The first kappa shape index (κ1) is 20.8. The van der Waals surface area contributed by atoms with E-state index in [0.29, 0.717) is 22.1 Å². The Morgan fingerprint density at radius 3 is 2.29 bits per heavy atom. The third-order valence-electron chi connectivity index (χ3n) is 5.07. The molecule has 1 amide bonds. The number of amides is 1. The number of benzene rings is 3. The molecule has 0 unspecified atom stereocenters. The zero-order chi connectivity index (χ0) is 22.0. The highest BCUT2D eigenvalue weighted by molar-refractivity contribution is 6.30. The predicted octanol–water partition coefficient (Wildman–Crippen LogP) is 6.16. The molecule has 0 spiro atoms. The van der Waals surface area contributed by atoms with Gasteiger partial charge in [-0.25, -0.2) is 0 Å². The van der Waals surface area contributed by atoms with Crippen LogP contribution in [-0.4, -0.2) is 20.9 Å². The fraction of sp³-hybridized carbons (Fsp3) is 0.160. The molecule has 0 saturated carbocycles. The molecule has 0 atom stereocenters. The zero-order valence-corrected chi connectivity index (χ0v) is 18.4. The normalized spacial score (nSPS) is 11.5. The van der Waals surface area contributed by atoms with Crippen molar-refractivity contribution in [2.75, 3.05) is 5.32 Å². The van der Waals surface area contributed by atoms with Gasteiger partial charge in [0.25, 0.3) is 0 Å². The number of carbonyl (C=O) groups excluding carboxylic acids is 1. The Morgan fingerprint density at radius 2 is 1.65 bits per heavy atom. The molecule has 0 bridgehead atoms. The molecule has 0 radical (unpaired) electrons. The maximum atomic E-state index is 12.5. The molecule has 0 fully saturated rings. The number of hydrogen-bond donors (Lipinski definition) is 1. The molecule has 156 valence electrons. The van der Waals surface area contributed by atoms with E-state index in [0.717, 1.165) is 22.3 Å². The number of nitrogens with one attached hydrogen (secondary N) is 1. The van der Waals surface area contributed by atoms with E-state index in [1.165, 1.54) is 5.56 Å². The standard InChI is InChI=1S/C25H23ClN4O/c1-16(2)19-7-4-18(5-8-19)6-13-25(31)27-22-15-24-23(14-17(22)3)28-30(29-24)21-11-9-20(26)10-12-21/h4-16H,1-3H3,(H,27,31)/b13-6+. The monoisotopic (exact) mass is 430 g/mol. The number of rotatable bonds is 5. The summed E-state index contributed by atoms with van der Waals surface area (Å²) < 4.78 is 0. The summed E-state index contributed by atoms with van der Waals surface area (Å²) in [5.41, 5.74) is 6.15. The zero-order valence-electron chi connectivity index (χ0n) is 17.6. The average molecular weight is 431 g/mol. The van der Waals surface area contributed by atoms with Crippen LogP contribution in [0.25, 0.3) is 22.8 Å². The molecule has 31 heavy (non-hydrogen) atoms. The molecule has 4 aromatic rings. The van der Waals surface area contributed by atoms with E-state index in [-0.39, 0.29) is 5.91 Å². The van der Waals surface area contributed by atoms with Crippen LogP contribution in [0.5, 0.6) is 0 Å². The lowest BCUT2D eigenvalue weighted by Crippen LogP contribution is -2.08. The van der Waals surface area contributed by atoms with Crippen LogP contribution in [0.4, 0.5) is 5.69 Å². The fourth-order valence-corrected chi connectivity index (χ4v) is 3.36. The van der Waals surface area contributed by atoms with Gasteiger partial charge in [-0.1, -0.05) is 49.7 Å². The molecule has 6 heteroatoms. The van der Waals surface area contributed by atoms with Crippen molar-refractivity contribution in [3.63, 3.8) is 0 Å². The number of fused-ring (bicyclic) bond motifs is 1. The summed E-state index contributed by atoms with van der Waals surface area (Å²) in [5.74, 6) is 0.289. The van der Waals surface area contributed by atoms with Crippen LogP contribution in [0.1, 0.15) is 36.5 Å². The van der Waals surface area contributed by atoms with Crippen LogP contribution in [-0.2, 0) is 4.79 Å². The van der Waals surface area contributed by atoms with Crippen molar-refractivity contribution in [1.29, 1.82) is 0 Å². The maximum Gasteiger partial charge on any atom is 0.248 e. The van der Waals surface area contributed by atoms with Gasteiger partial charge in [0.05, 0.1) is 5.69 Å². The first-order valence-corrected chi connectivity index (χ1v) is 10.5. The Bertz CT molecular complexity index is 1260. The number of carbonyl (C=O) groups is 1. The molecule has 1 heterocycles. The van der Waals surface area contributed by atoms with E-state index in [1.807, 2.05) is 49.4 Å². The van der Waals surface area contributed by atoms with Crippen molar-refractivity contribution in [2.24, 2.45) is 0 Å². The molecule has 0 aliphatic rings. The van der Waals surface area contributed by atoms with E-state index in [4.69, 9.17) is 11.6 Å². The van der Waals surface area contributed by atoms with Crippen LogP contribution in [0.15, 0.2) is 66.7 Å². The van der Waals surface area contributed by atoms with Gasteiger partial charge in [0.2, 0.25) is 5.91 Å². The van der Waals surface area contributed by atoms with Crippen LogP contribution in [0.2, 0.25) is 5.02 Å². The molecule has 3 aromatic carbocycles. The summed E-state index contributed by atoms with van der Waals surface area (Å²) in [5, 5.41) is 12.7. The van der Waals surface area contributed by atoms with E-state index in [1.54, 1.807) is 23.0 Å². The molecule has 1 N–H and O–H groups in total. The second-order valence-electron chi connectivity index (χ2n) is 7.77. The Kier molecular flexibility index (Phi) is 5.87. The molecule has 0 aliphatic carbocycles. The first-order chi connectivity index (χ1) is 14.9. The second kappa shape index (κ2) is 8.74. The molecule has 5 nitrogen and oxygen atoms in total. The van der Waals surface area contributed by atoms with E-state index in [9.17, 15) is 4.79 Å². The van der Waals surface area contributed by atoms with Crippen LogP contribution in [0, 0.1) is 6.92 Å². The third-order valence-corrected chi connectivity index (χ3v) is 5.32. The fourth-order valence-electron chi connectivity index (χ4n) is 3.23. The Morgan fingerprint density at radius 1 is 1.00 bits per heavy atom. The minimum atomic E-state index is -0.194. The quantitative estimate of drug-likeness (QED) is 0.386. The van der Waals surface area contributed by atoms with Crippen molar-refractivity contribution < 1.29 is 4.79 Å². The highest BCUT2D eigenvalue weighted by atomic mass is 35.5. The average Bonchev–Trinajstić information content (AvgIpc) is 3.16. The van der Waals surface area contributed by atoms with Gasteiger partial charge in [-0.15, -0.1) is 10.2 Å². The number of anilines is 1. The minimum absolute atomic E-state index is 0.194. The highest BCUT2D eigenvalue weighted by Crippen LogP contribution is 2.23. The van der Waals surface area contributed by atoms with Gasteiger partial charge in [0.1, 0.15) is 11.0 Å². The third kappa shape index (κ3) is 4.84. The van der Waals surface area contributed by atoms with E-state index < -0.39 is 0 Å². The van der Waals surface area contributed by atoms with Crippen molar-refractivity contribution in [3.8, 4) is 5.69 Å².